The van der Waals surface area contributed by atoms with Gasteiger partial charge in [0, 0.05) is 18.9 Å². The Balaban J connectivity index is 2.29. The van der Waals surface area contributed by atoms with E-state index in [1.54, 1.807) is 0 Å². The van der Waals surface area contributed by atoms with Gasteiger partial charge in [-0.3, -0.25) is 0 Å². The molecule has 0 aromatic heterocycles. The van der Waals surface area contributed by atoms with E-state index in [9.17, 15) is 0 Å². The molecule has 0 unspecified atom stereocenters. The maximum absolute atomic E-state index is 3.11. The van der Waals surface area contributed by atoms with Gasteiger partial charge in [0.2, 0.25) is 0 Å². The van der Waals surface area contributed by atoms with Gasteiger partial charge < -0.3 is 10.2 Å². The number of hydrogen-bond acceptors (Lipinski definition) is 2. The van der Waals surface area contributed by atoms with Crippen LogP contribution in [-0.4, -0.2) is 11.4 Å². The monoisotopic (exact) mass is 120 g/mol. The molecule has 1 N–H and O–H groups in total. The van der Waals surface area contributed by atoms with Gasteiger partial charge in [-0.05, 0) is 6.08 Å². The maximum atomic E-state index is 3.11. The minimum Gasteiger partial charge on any atom is -0.347 e. The van der Waals surface area contributed by atoms with Crippen LogP contribution in [0.25, 0.3) is 0 Å². The van der Waals surface area contributed by atoms with Crippen LogP contribution in [0.15, 0.2) is 36.4 Å². The Labute approximate surface area is 54.2 Å². The minimum absolute atomic E-state index is 0.995. The topological polar surface area (TPSA) is 15.3 Å². The molecule has 46 valence electrons. The van der Waals surface area contributed by atoms with Crippen LogP contribution < -0.4 is 5.32 Å². The van der Waals surface area contributed by atoms with E-state index in [1.165, 1.54) is 5.82 Å². The second-order valence-electron chi connectivity index (χ2n) is 2.09. The van der Waals surface area contributed by atoms with Crippen molar-refractivity contribution in [2.45, 2.75) is 0 Å². The van der Waals surface area contributed by atoms with Crippen LogP contribution in [0.3, 0.4) is 0 Å². The van der Waals surface area contributed by atoms with Gasteiger partial charge in [0.05, 0.1) is 0 Å². The molecule has 0 aromatic rings. The van der Waals surface area contributed by atoms with Crippen LogP contribution >= 0.6 is 0 Å². The van der Waals surface area contributed by atoms with Crippen LogP contribution in [0, 0.1) is 0 Å². The summed E-state index contributed by atoms with van der Waals surface area (Å²) in [5, 5.41) is 3.11. The Morgan fingerprint density at radius 2 is 2.56 bits per heavy atom. The summed E-state index contributed by atoms with van der Waals surface area (Å²) in [6.07, 6.45) is 10.2. The van der Waals surface area contributed by atoms with E-state index in [1.807, 2.05) is 12.4 Å². The average Bonchev–Trinajstić information content (AvgIpc) is 2.33. The second-order valence-corrected chi connectivity index (χ2v) is 2.09. The summed E-state index contributed by atoms with van der Waals surface area (Å²) in [7, 11) is 0. The molecule has 0 aromatic carbocycles. The fraction of sp³-hybridized carbons (Fsp3) is 0.143. The van der Waals surface area contributed by atoms with Crippen molar-refractivity contribution in [3.05, 3.63) is 36.4 Å². The van der Waals surface area contributed by atoms with Crippen molar-refractivity contribution >= 4 is 0 Å². The van der Waals surface area contributed by atoms with Crippen molar-refractivity contribution in [1.82, 2.24) is 10.2 Å². The molecule has 0 bridgehead atoms. The highest BCUT2D eigenvalue weighted by molar-refractivity contribution is 5.23. The Morgan fingerprint density at radius 1 is 1.56 bits per heavy atom. The first-order valence-electron chi connectivity index (χ1n) is 3.03. The number of allylic oxidation sites excluding steroid dienone is 2. The standard InChI is InChI=1S/C7H8N2/c1-2-5-9-6-4-8-7(9)3-1/h1-4,6,8H,5H2. The zero-order chi connectivity index (χ0) is 6.10. The van der Waals surface area contributed by atoms with Gasteiger partial charge in [0.25, 0.3) is 0 Å². The summed E-state index contributed by atoms with van der Waals surface area (Å²) < 4.78 is 0. The lowest BCUT2D eigenvalue weighted by molar-refractivity contribution is 0.513. The number of hydrogen-bond donors (Lipinski definition) is 1. The molecule has 9 heavy (non-hydrogen) atoms. The van der Waals surface area contributed by atoms with Gasteiger partial charge >= 0.3 is 0 Å². The SMILES string of the molecule is C1=CCN2C=CNC2=C1. The molecule has 0 spiro atoms. The molecule has 2 heterocycles. The summed E-state index contributed by atoms with van der Waals surface area (Å²) in [5.74, 6) is 1.18. The molecule has 0 radical (unpaired) electrons. The van der Waals surface area contributed by atoms with Crippen molar-refractivity contribution < 1.29 is 0 Å². The largest absolute Gasteiger partial charge is 0.347 e. The number of rotatable bonds is 0. The second kappa shape index (κ2) is 1.65. The summed E-state index contributed by atoms with van der Waals surface area (Å²) in [6, 6.07) is 0. The minimum atomic E-state index is 0.995. The third-order valence-electron chi connectivity index (χ3n) is 1.49. The molecule has 0 atom stereocenters. The highest BCUT2D eigenvalue weighted by Crippen LogP contribution is 2.11. The number of nitrogens with one attached hydrogen (secondary N) is 1. The molecule has 2 nitrogen and oxygen atoms in total. The Bertz CT molecular complexity index is 201. The highest BCUT2D eigenvalue weighted by atomic mass is 15.3. The maximum Gasteiger partial charge on any atom is 0.110 e. The van der Waals surface area contributed by atoms with Crippen molar-refractivity contribution in [3.63, 3.8) is 0 Å². The Morgan fingerprint density at radius 3 is 3.44 bits per heavy atom. The van der Waals surface area contributed by atoms with Crippen molar-refractivity contribution in [2.24, 2.45) is 0 Å². The first kappa shape index (κ1) is 4.68. The zero-order valence-electron chi connectivity index (χ0n) is 5.04. The third kappa shape index (κ3) is 0.633. The van der Waals surface area contributed by atoms with Crippen LogP contribution in [-0.2, 0) is 0 Å². The van der Waals surface area contributed by atoms with E-state index in [4.69, 9.17) is 0 Å². The first-order valence-corrected chi connectivity index (χ1v) is 3.03. The smallest absolute Gasteiger partial charge is 0.110 e. The summed E-state index contributed by atoms with van der Waals surface area (Å²) in [6.45, 7) is 0.995. The summed E-state index contributed by atoms with van der Waals surface area (Å²) in [5.41, 5.74) is 0. The number of fused-ring (bicyclic) bond motifs is 1. The molecule has 2 aliphatic heterocycles. The lowest BCUT2D eigenvalue weighted by Crippen LogP contribution is -2.19. The molecule has 0 amide bonds. The molecule has 0 saturated heterocycles. The fourth-order valence-corrected chi connectivity index (χ4v) is 1.01. The number of nitrogens with zero attached hydrogens (tertiary/aromatic N) is 1. The Hall–Kier alpha value is -1.18. The summed E-state index contributed by atoms with van der Waals surface area (Å²) >= 11 is 0. The van der Waals surface area contributed by atoms with Gasteiger partial charge in [0.1, 0.15) is 5.82 Å². The van der Waals surface area contributed by atoms with Crippen LogP contribution in [0.4, 0.5) is 0 Å². The lowest BCUT2D eigenvalue weighted by Gasteiger charge is -2.17. The van der Waals surface area contributed by atoms with Gasteiger partial charge in [-0.1, -0.05) is 12.2 Å². The van der Waals surface area contributed by atoms with E-state index < -0.39 is 0 Å². The van der Waals surface area contributed by atoms with E-state index in [0.29, 0.717) is 0 Å². The van der Waals surface area contributed by atoms with Crippen molar-refractivity contribution in [2.75, 3.05) is 6.54 Å². The third-order valence-corrected chi connectivity index (χ3v) is 1.49. The van der Waals surface area contributed by atoms with Gasteiger partial charge in [-0.2, -0.15) is 0 Å². The molecular weight excluding hydrogens is 112 g/mol. The molecule has 2 heteroatoms. The molecule has 2 aliphatic rings. The Kier molecular flexibility index (Phi) is 0.859. The van der Waals surface area contributed by atoms with E-state index in [0.717, 1.165) is 6.54 Å². The lowest BCUT2D eigenvalue weighted by atomic mass is 10.3. The van der Waals surface area contributed by atoms with Gasteiger partial charge in [-0.25, -0.2) is 0 Å². The van der Waals surface area contributed by atoms with Gasteiger partial charge in [0.15, 0.2) is 0 Å². The predicted molar refractivity (Wildman–Crippen MR) is 36.2 cm³/mol. The molecular formula is C7H8N2. The van der Waals surface area contributed by atoms with E-state index >= 15 is 0 Å². The van der Waals surface area contributed by atoms with Crippen molar-refractivity contribution in [1.29, 1.82) is 0 Å². The molecule has 0 fully saturated rings. The molecule has 2 rings (SSSR count). The van der Waals surface area contributed by atoms with E-state index in [-0.39, 0.29) is 0 Å². The normalized spacial score (nSPS) is 21.3. The first-order chi connectivity index (χ1) is 4.47. The van der Waals surface area contributed by atoms with Crippen LogP contribution in [0.5, 0.6) is 0 Å². The van der Waals surface area contributed by atoms with Gasteiger partial charge in [-0.15, -0.1) is 0 Å². The quantitative estimate of drug-likeness (QED) is 0.508. The molecule has 0 saturated carbocycles. The van der Waals surface area contributed by atoms with Crippen LogP contribution in [0.2, 0.25) is 0 Å². The zero-order valence-corrected chi connectivity index (χ0v) is 5.04. The van der Waals surface area contributed by atoms with E-state index in [2.05, 4.69) is 28.4 Å². The van der Waals surface area contributed by atoms with Crippen LogP contribution in [0.1, 0.15) is 0 Å². The van der Waals surface area contributed by atoms with Crippen molar-refractivity contribution in [3.8, 4) is 0 Å². The average molecular weight is 120 g/mol. The highest BCUT2D eigenvalue weighted by Gasteiger charge is 2.09. The predicted octanol–water partition coefficient (Wildman–Crippen LogP) is 0.774. The summed E-state index contributed by atoms with van der Waals surface area (Å²) in [4.78, 5) is 2.15. The fourth-order valence-electron chi connectivity index (χ4n) is 1.01. The molecule has 0 aliphatic carbocycles.